The van der Waals surface area contributed by atoms with Crippen molar-refractivity contribution < 1.29 is 27.8 Å². The second-order valence-corrected chi connectivity index (χ2v) is 11.9. The Morgan fingerprint density at radius 1 is 1.33 bits per heavy atom. The number of fused-ring (bicyclic) bond motifs is 3. The van der Waals surface area contributed by atoms with Gasteiger partial charge in [-0.2, -0.15) is 9.65 Å². The van der Waals surface area contributed by atoms with E-state index in [0.29, 0.717) is 37.9 Å². The normalized spacial score (nSPS) is 27.0. The molecule has 2 saturated carbocycles. The molecule has 2 bridgehead atoms. The van der Waals surface area contributed by atoms with E-state index < -0.39 is 33.5 Å². The lowest BCUT2D eigenvalue weighted by atomic mass is 9.75. The summed E-state index contributed by atoms with van der Waals surface area (Å²) >= 11 is 6.54. The van der Waals surface area contributed by atoms with Gasteiger partial charge in [-0.15, -0.1) is 0 Å². The number of nitrogens with one attached hydrogen (secondary N) is 2. The van der Waals surface area contributed by atoms with E-state index >= 15 is 0 Å². The van der Waals surface area contributed by atoms with Crippen molar-refractivity contribution >= 4 is 33.2 Å². The molecule has 10 nitrogen and oxygen atoms in total. The molecular formula is C23H25ClFN5O5S. The number of anilines is 1. The molecule has 0 spiro atoms. The number of halogens is 2. The third kappa shape index (κ3) is 4.29. The van der Waals surface area contributed by atoms with Crippen molar-refractivity contribution in [2.45, 2.75) is 61.6 Å². The first kappa shape index (κ1) is 25.1. The topological polar surface area (TPSA) is 157 Å². The molecule has 4 N–H and O–H groups in total. The van der Waals surface area contributed by atoms with E-state index in [2.05, 4.69) is 15.0 Å². The van der Waals surface area contributed by atoms with Gasteiger partial charge in [-0.3, -0.25) is 4.79 Å². The van der Waals surface area contributed by atoms with E-state index in [4.69, 9.17) is 16.9 Å². The molecule has 1 amide bonds. The molecule has 2 aromatic heterocycles. The van der Waals surface area contributed by atoms with Crippen LogP contribution < -0.4 is 10.0 Å². The highest BCUT2D eigenvalue weighted by Gasteiger charge is 2.50. The van der Waals surface area contributed by atoms with Crippen molar-refractivity contribution in [3.05, 3.63) is 40.2 Å². The zero-order valence-corrected chi connectivity index (χ0v) is 20.7. The van der Waals surface area contributed by atoms with Crippen molar-refractivity contribution in [3.63, 3.8) is 0 Å². The summed E-state index contributed by atoms with van der Waals surface area (Å²) in [5, 5.41) is 31.4. The van der Waals surface area contributed by atoms with Crippen LogP contribution in [0.1, 0.15) is 54.0 Å². The molecular weight excluding hydrogens is 513 g/mol. The highest BCUT2D eigenvalue weighted by molar-refractivity contribution is 7.89. The molecule has 5 rings (SSSR count). The maximum atomic E-state index is 13.7. The van der Waals surface area contributed by atoms with Crippen LogP contribution in [0.2, 0.25) is 5.02 Å². The molecule has 0 aromatic carbocycles. The number of carbonyl (C=O) groups excluding carboxylic acids is 1. The minimum Gasteiger partial charge on any atom is -0.393 e. The summed E-state index contributed by atoms with van der Waals surface area (Å²) in [6, 6.07) is 3.45. The summed E-state index contributed by atoms with van der Waals surface area (Å²) in [5.41, 5.74) is -1.06. The maximum absolute atomic E-state index is 13.7. The van der Waals surface area contributed by atoms with Gasteiger partial charge in [0.1, 0.15) is 22.4 Å². The van der Waals surface area contributed by atoms with Gasteiger partial charge >= 0.3 is 0 Å². The number of hydrogen-bond donors (Lipinski definition) is 4. The predicted molar refractivity (Wildman–Crippen MR) is 126 cm³/mol. The quantitative estimate of drug-likeness (QED) is 0.410. The van der Waals surface area contributed by atoms with Gasteiger partial charge in [-0.1, -0.05) is 11.6 Å². The second-order valence-electron chi connectivity index (χ2n) is 9.86. The average molecular weight is 538 g/mol. The Labute approximate surface area is 212 Å². The molecule has 0 saturated heterocycles. The Bertz CT molecular complexity index is 1370. The Kier molecular flexibility index (Phi) is 6.33. The summed E-state index contributed by atoms with van der Waals surface area (Å²) in [5.74, 6) is -1.92. The van der Waals surface area contributed by atoms with Crippen molar-refractivity contribution in [2.75, 3.05) is 11.9 Å². The van der Waals surface area contributed by atoms with E-state index in [1.807, 2.05) is 0 Å². The molecule has 13 heteroatoms. The van der Waals surface area contributed by atoms with Gasteiger partial charge in [0.2, 0.25) is 16.0 Å². The summed E-state index contributed by atoms with van der Waals surface area (Å²) in [6.45, 7) is 0.0215. The third-order valence-corrected chi connectivity index (χ3v) is 9.54. The monoisotopic (exact) mass is 537 g/mol. The predicted octanol–water partition coefficient (Wildman–Crippen LogP) is 1.94. The number of aliphatic hydroxyl groups excluding tert-OH is 1. The molecule has 192 valence electrons. The van der Waals surface area contributed by atoms with Crippen molar-refractivity contribution in [3.8, 4) is 6.07 Å². The zero-order valence-electron chi connectivity index (χ0n) is 19.2. The Morgan fingerprint density at radius 2 is 2.03 bits per heavy atom. The molecule has 2 atom stereocenters. The molecule has 2 fully saturated rings. The molecule has 1 aliphatic heterocycles. The van der Waals surface area contributed by atoms with Gasteiger partial charge in [-0.05, 0) is 56.4 Å². The van der Waals surface area contributed by atoms with E-state index in [1.54, 1.807) is 10.6 Å². The largest absolute Gasteiger partial charge is 0.393 e. The van der Waals surface area contributed by atoms with Crippen LogP contribution in [0.4, 0.5) is 10.1 Å². The Hall–Kier alpha value is -2.56. The first-order valence-corrected chi connectivity index (χ1v) is 13.6. The summed E-state index contributed by atoms with van der Waals surface area (Å²) in [4.78, 5) is 16.4. The molecule has 3 aliphatic rings. The van der Waals surface area contributed by atoms with Crippen LogP contribution in [0.25, 0.3) is 0 Å². The van der Waals surface area contributed by atoms with Crippen LogP contribution >= 0.6 is 11.6 Å². The van der Waals surface area contributed by atoms with E-state index in [9.17, 15) is 27.8 Å². The number of aromatic nitrogens is 2. The third-order valence-electron chi connectivity index (χ3n) is 7.50. The van der Waals surface area contributed by atoms with Crippen LogP contribution in [-0.4, -0.2) is 52.3 Å². The number of pyridine rings is 1. The minimum atomic E-state index is -4.13. The number of aliphatic hydroxyl groups is 2. The fourth-order valence-electron chi connectivity index (χ4n) is 6.07. The summed E-state index contributed by atoms with van der Waals surface area (Å²) in [7, 11) is -4.13. The zero-order chi connectivity index (χ0) is 25.8. The molecule has 0 radical (unpaired) electrons. The van der Waals surface area contributed by atoms with Gasteiger partial charge in [0.25, 0.3) is 5.91 Å². The fourth-order valence-corrected chi connectivity index (χ4v) is 8.39. The van der Waals surface area contributed by atoms with Crippen LogP contribution in [0.3, 0.4) is 0 Å². The lowest BCUT2D eigenvalue weighted by molar-refractivity contribution is -0.0672. The second kappa shape index (κ2) is 9.08. The summed E-state index contributed by atoms with van der Waals surface area (Å²) < 4.78 is 45.3. The Balaban J connectivity index is 1.45. The average Bonchev–Trinajstić information content (AvgIpc) is 3.44. The molecule has 2 aliphatic carbocycles. The number of carbonyl (C=O) groups is 1. The molecule has 3 heterocycles. The SMILES string of the molecule is N#Cc1cc(NC(=O)c2c(Cl)c(S(=O)(=O)NC3C4CCC3CC(O)(CO)C4)c3n2CCC3)cc(F)n1. The first-order chi connectivity index (χ1) is 17.0. The van der Waals surface area contributed by atoms with Crippen LogP contribution in [0.15, 0.2) is 17.0 Å². The lowest BCUT2D eigenvalue weighted by Crippen LogP contribution is -2.51. The van der Waals surface area contributed by atoms with Crippen molar-refractivity contribution in [1.82, 2.24) is 14.3 Å². The van der Waals surface area contributed by atoms with E-state index in [0.717, 1.165) is 18.9 Å². The van der Waals surface area contributed by atoms with Gasteiger partial charge < -0.3 is 20.1 Å². The van der Waals surface area contributed by atoms with Crippen LogP contribution in [-0.2, 0) is 23.0 Å². The van der Waals surface area contributed by atoms with Gasteiger partial charge in [0.15, 0.2) is 0 Å². The molecule has 36 heavy (non-hydrogen) atoms. The smallest absolute Gasteiger partial charge is 0.273 e. The number of rotatable bonds is 6. The number of hydrogen-bond acceptors (Lipinski definition) is 7. The van der Waals surface area contributed by atoms with Gasteiger partial charge in [0, 0.05) is 30.0 Å². The fraction of sp³-hybridized carbons (Fsp3) is 0.522. The van der Waals surface area contributed by atoms with Crippen LogP contribution in [0.5, 0.6) is 0 Å². The van der Waals surface area contributed by atoms with Crippen molar-refractivity contribution in [1.29, 1.82) is 5.26 Å². The Morgan fingerprint density at radius 3 is 2.67 bits per heavy atom. The number of nitrogens with zero attached hydrogens (tertiary/aromatic N) is 3. The number of sulfonamides is 1. The van der Waals surface area contributed by atoms with Crippen LogP contribution in [0, 0.1) is 29.1 Å². The number of nitriles is 1. The minimum absolute atomic E-state index is 0.00801. The standard InChI is InChI=1S/C23H25ClFN5O5S/c24-18-20(22(32)28-14-6-15(10-26)27-17(25)7-14)30-5-1-2-16(30)21(18)36(34,35)29-19-12-3-4-13(19)9-23(33,8-12)11-31/h6-7,12-13,19,29,31,33H,1-5,8-9,11H2,(H,27,28,32). The summed E-state index contributed by atoms with van der Waals surface area (Å²) in [6.07, 6.45) is 3.11. The van der Waals surface area contributed by atoms with E-state index in [-0.39, 0.29) is 45.4 Å². The first-order valence-electron chi connectivity index (χ1n) is 11.7. The highest BCUT2D eigenvalue weighted by atomic mass is 35.5. The van der Waals surface area contributed by atoms with Gasteiger partial charge in [0.05, 0.1) is 17.2 Å². The molecule has 2 unspecified atom stereocenters. The lowest BCUT2D eigenvalue weighted by Gasteiger charge is -2.40. The van der Waals surface area contributed by atoms with Crippen molar-refractivity contribution in [2.24, 2.45) is 11.8 Å². The van der Waals surface area contributed by atoms with E-state index in [1.165, 1.54) is 6.07 Å². The van der Waals surface area contributed by atoms with Gasteiger partial charge in [-0.25, -0.2) is 18.1 Å². The number of amides is 1. The molecule has 2 aromatic rings. The maximum Gasteiger partial charge on any atom is 0.273 e. The highest BCUT2D eigenvalue weighted by Crippen LogP contribution is 2.47.